The Hall–Kier alpha value is -1.68. The fraction of sp³-hybridized carbons (Fsp3) is 0.556. The van der Waals surface area contributed by atoms with Crippen LogP contribution in [0.3, 0.4) is 0 Å². The van der Waals surface area contributed by atoms with Gasteiger partial charge in [-0.05, 0) is 49.8 Å². The number of hydrogen-bond acceptors (Lipinski definition) is 4. The van der Waals surface area contributed by atoms with E-state index in [1.807, 2.05) is 0 Å². The summed E-state index contributed by atoms with van der Waals surface area (Å²) in [7, 11) is 0. The first-order valence-corrected chi connectivity index (χ1v) is 8.39. The van der Waals surface area contributed by atoms with Gasteiger partial charge in [0, 0.05) is 18.0 Å². The first kappa shape index (κ1) is 16.7. The zero-order valence-electron chi connectivity index (χ0n) is 13.7. The molecule has 2 aromatic rings. The van der Waals surface area contributed by atoms with Crippen molar-refractivity contribution in [2.24, 2.45) is 0 Å². The minimum Gasteiger partial charge on any atom is -0.396 e. The number of anilines is 1. The second kappa shape index (κ2) is 8.69. The number of aromatic nitrogens is 2. The molecule has 0 aliphatic carbocycles. The molecular formula is C18H27N3O. The molecule has 0 saturated carbocycles. The molecule has 0 aliphatic heterocycles. The van der Waals surface area contributed by atoms with Crippen molar-refractivity contribution in [3.8, 4) is 0 Å². The van der Waals surface area contributed by atoms with Gasteiger partial charge >= 0.3 is 0 Å². The summed E-state index contributed by atoms with van der Waals surface area (Å²) in [6.07, 6.45) is 7.88. The molecule has 0 fully saturated rings. The van der Waals surface area contributed by atoms with E-state index in [0.29, 0.717) is 6.04 Å². The van der Waals surface area contributed by atoms with Crippen LogP contribution < -0.4 is 5.32 Å². The number of fused-ring (bicyclic) bond motifs is 1. The van der Waals surface area contributed by atoms with Gasteiger partial charge in [0.25, 0.3) is 0 Å². The summed E-state index contributed by atoms with van der Waals surface area (Å²) in [5, 5.41) is 13.6. The number of unbranched alkanes of at least 4 members (excludes halogenated alkanes) is 1. The quantitative estimate of drug-likeness (QED) is 0.689. The summed E-state index contributed by atoms with van der Waals surface area (Å²) >= 11 is 0. The predicted octanol–water partition coefficient (Wildman–Crippen LogP) is 3.94. The lowest BCUT2D eigenvalue weighted by atomic mass is 10.0. The Balaban J connectivity index is 2.23. The van der Waals surface area contributed by atoms with Crippen LogP contribution in [-0.4, -0.2) is 27.7 Å². The average molecular weight is 301 g/mol. The number of hydrogen-bond donors (Lipinski definition) is 2. The molecule has 2 rings (SSSR count). The number of aliphatic hydroxyl groups excluding tert-OH is 1. The van der Waals surface area contributed by atoms with E-state index in [9.17, 15) is 0 Å². The molecule has 4 heteroatoms. The number of aryl methyl sites for hydroxylation is 1. The topological polar surface area (TPSA) is 58.0 Å². The lowest BCUT2D eigenvalue weighted by molar-refractivity contribution is 0.284. The van der Waals surface area contributed by atoms with Crippen LogP contribution >= 0.6 is 0 Å². The molecule has 1 atom stereocenters. The van der Waals surface area contributed by atoms with Gasteiger partial charge in [0.1, 0.15) is 12.1 Å². The molecule has 0 bridgehead atoms. The van der Waals surface area contributed by atoms with Crippen molar-refractivity contribution in [1.82, 2.24) is 9.97 Å². The Kier molecular flexibility index (Phi) is 6.59. The molecule has 0 unspecified atom stereocenters. The van der Waals surface area contributed by atoms with Crippen LogP contribution in [0.5, 0.6) is 0 Å². The van der Waals surface area contributed by atoms with Crippen LogP contribution in [0.15, 0.2) is 24.5 Å². The van der Waals surface area contributed by atoms with Crippen LogP contribution in [0.25, 0.3) is 10.9 Å². The molecule has 0 radical (unpaired) electrons. The van der Waals surface area contributed by atoms with Crippen LogP contribution in [-0.2, 0) is 6.42 Å². The number of benzene rings is 1. The minimum atomic E-state index is 0.263. The van der Waals surface area contributed by atoms with Gasteiger partial charge in [0.05, 0.1) is 5.52 Å². The fourth-order valence-electron chi connectivity index (χ4n) is 2.74. The molecule has 120 valence electrons. The lowest BCUT2D eigenvalue weighted by Gasteiger charge is -2.18. The second-order valence-electron chi connectivity index (χ2n) is 5.79. The summed E-state index contributed by atoms with van der Waals surface area (Å²) in [6, 6.07) is 6.84. The van der Waals surface area contributed by atoms with Crippen LogP contribution in [0.4, 0.5) is 5.82 Å². The monoisotopic (exact) mass is 301 g/mol. The summed E-state index contributed by atoms with van der Waals surface area (Å²) in [5.74, 6) is 0.939. The summed E-state index contributed by atoms with van der Waals surface area (Å²) in [5.41, 5.74) is 2.26. The van der Waals surface area contributed by atoms with Gasteiger partial charge in [-0.2, -0.15) is 0 Å². The Bertz CT molecular complexity index is 586. The molecule has 4 nitrogen and oxygen atoms in total. The summed E-state index contributed by atoms with van der Waals surface area (Å²) in [4.78, 5) is 8.82. The molecule has 0 amide bonds. The van der Waals surface area contributed by atoms with Gasteiger partial charge in [-0.25, -0.2) is 9.97 Å². The molecule has 22 heavy (non-hydrogen) atoms. The largest absolute Gasteiger partial charge is 0.396 e. The number of rotatable bonds is 9. The van der Waals surface area contributed by atoms with Crippen molar-refractivity contribution in [1.29, 1.82) is 0 Å². The van der Waals surface area contributed by atoms with Crippen molar-refractivity contribution in [3.05, 3.63) is 30.1 Å². The van der Waals surface area contributed by atoms with E-state index in [-0.39, 0.29) is 6.61 Å². The van der Waals surface area contributed by atoms with Crippen molar-refractivity contribution in [3.63, 3.8) is 0 Å². The SMILES string of the molecule is CCC[C@@H](CC)Nc1ncnc2ccc(CCCCO)cc12. The zero-order valence-corrected chi connectivity index (χ0v) is 13.7. The van der Waals surface area contributed by atoms with Crippen molar-refractivity contribution >= 4 is 16.7 Å². The van der Waals surface area contributed by atoms with Crippen LogP contribution in [0, 0.1) is 0 Å². The summed E-state index contributed by atoms with van der Waals surface area (Å²) < 4.78 is 0. The molecule has 2 N–H and O–H groups in total. The molecular weight excluding hydrogens is 274 g/mol. The van der Waals surface area contributed by atoms with Gasteiger partial charge in [0.2, 0.25) is 0 Å². The Labute approximate surface area is 133 Å². The third-order valence-corrected chi connectivity index (χ3v) is 4.04. The Morgan fingerprint density at radius 1 is 1.18 bits per heavy atom. The number of nitrogens with zero attached hydrogens (tertiary/aromatic N) is 2. The zero-order chi connectivity index (χ0) is 15.8. The van der Waals surface area contributed by atoms with E-state index in [1.54, 1.807) is 6.33 Å². The number of nitrogens with one attached hydrogen (secondary N) is 1. The molecule has 0 spiro atoms. The average Bonchev–Trinajstić information content (AvgIpc) is 2.55. The van der Waals surface area contributed by atoms with E-state index in [1.165, 1.54) is 12.0 Å². The van der Waals surface area contributed by atoms with Crippen molar-refractivity contribution < 1.29 is 5.11 Å². The normalized spacial score (nSPS) is 12.5. The third-order valence-electron chi connectivity index (χ3n) is 4.04. The maximum atomic E-state index is 8.91. The molecule has 1 heterocycles. The highest BCUT2D eigenvalue weighted by Crippen LogP contribution is 2.23. The van der Waals surface area contributed by atoms with Gasteiger partial charge in [-0.1, -0.05) is 26.3 Å². The molecule has 0 saturated heterocycles. The van der Waals surface area contributed by atoms with E-state index < -0.39 is 0 Å². The van der Waals surface area contributed by atoms with Gasteiger partial charge in [0.15, 0.2) is 0 Å². The summed E-state index contributed by atoms with van der Waals surface area (Å²) in [6.45, 7) is 4.68. The Morgan fingerprint density at radius 3 is 2.77 bits per heavy atom. The highest BCUT2D eigenvalue weighted by atomic mass is 16.2. The highest BCUT2D eigenvalue weighted by Gasteiger charge is 2.10. The van der Waals surface area contributed by atoms with E-state index in [2.05, 4.69) is 47.3 Å². The fourth-order valence-corrected chi connectivity index (χ4v) is 2.74. The predicted molar refractivity (Wildman–Crippen MR) is 92.2 cm³/mol. The van der Waals surface area contributed by atoms with Gasteiger partial charge in [-0.15, -0.1) is 0 Å². The van der Waals surface area contributed by atoms with Crippen LogP contribution in [0.2, 0.25) is 0 Å². The first-order valence-electron chi connectivity index (χ1n) is 8.39. The van der Waals surface area contributed by atoms with Crippen LogP contribution in [0.1, 0.15) is 51.5 Å². The van der Waals surface area contributed by atoms with Gasteiger partial charge < -0.3 is 10.4 Å². The van der Waals surface area contributed by atoms with E-state index in [0.717, 1.165) is 48.8 Å². The smallest absolute Gasteiger partial charge is 0.137 e. The van der Waals surface area contributed by atoms with Crippen molar-refractivity contribution in [2.45, 2.75) is 58.4 Å². The van der Waals surface area contributed by atoms with Gasteiger partial charge in [-0.3, -0.25) is 0 Å². The first-order chi connectivity index (χ1) is 10.8. The number of aliphatic hydroxyl groups is 1. The van der Waals surface area contributed by atoms with E-state index in [4.69, 9.17) is 5.11 Å². The highest BCUT2D eigenvalue weighted by molar-refractivity contribution is 5.89. The third kappa shape index (κ3) is 4.41. The Morgan fingerprint density at radius 2 is 2.05 bits per heavy atom. The minimum absolute atomic E-state index is 0.263. The molecule has 1 aromatic carbocycles. The van der Waals surface area contributed by atoms with E-state index >= 15 is 0 Å². The maximum absolute atomic E-state index is 8.91. The maximum Gasteiger partial charge on any atom is 0.137 e. The molecule has 1 aromatic heterocycles. The van der Waals surface area contributed by atoms with Crippen molar-refractivity contribution in [2.75, 3.05) is 11.9 Å². The second-order valence-corrected chi connectivity index (χ2v) is 5.79. The standard InChI is InChI=1S/C18H27N3O/c1-3-7-15(4-2)21-18-16-12-14(8-5-6-11-22)9-10-17(16)19-13-20-18/h9-10,12-13,15,22H,3-8,11H2,1-2H3,(H,19,20,21)/t15-/m1/s1. The lowest BCUT2D eigenvalue weighted by Crippen LogP contribution is -2.19. The molecule has 0 aliphatic rings.